The van der Waals surface area contributed by atoms with E-state index in [4.69, 9.17) is 49.6 Å². The van der Waals surface area contributed by atoms with Crippen molar-refractivity contribution in [1.82, 2.24) is 0 Å². The van der Waals surface area contributed by atoms with E-state index in [9.17, 15) is 19.8 Å². The molecule has 4 fully saturated rings. The minimum Gasteiger partial charge on any atom is -0.396 e. The summed E-state index contributed by atoms with van der Waals surface area (Å²) in [7, 11) is 0. The van der Waals surface area contributed by atoms with Gasteiger partial charge < -0.3 is 59.8 Å². The second kappa shape index (κ2) is 25.0. The topological polar surface area (TPSA) is 233 Å². The van der Waals surface area contributed by atoms with E-state index < -0.39 is 22.4 Å². The number of aliphatic hydroxyl groups is 8. The first-order chi connectivity index (χ1) is 22.6. The summed E-state index contributed by atoms with van der Waals surface area (Å²) in [6, 6.07) is 0. The van der Waals surface area contributed by atoms with Gasteiger partial charge in [0.05, 0.1) is 79.3 Å². The lowest BCUT2D eigenvalue weighted by Crippen LogP contribution is -2.58. The molecule has 14 heteroatoms. The molecule has 2 saturated carbocycles. The number of ether oxygens (including phenoxy) is 4. The molecule has 0 unspecified atom stereocenters. The normalized spacial score (nSPS) is 29.0. The second-order valence-electron chi connectivity index (χ2n) is 14.6. The van der Waals surface area contributed by atoms with Crippen molar-refractivity contribution in [2.24, 2.45) is 21.7 Å². The fourth-order valence-corrected chi connectivity index (χ4v) is 4.88. The summed E-state index contributed by atoms with van der Waals surface area (Å²) in [5, 5.41) is 70.4. The van der Waals surface area contributed by atoms with Crippen LogP contribution in [0.5, 0.6) is 0 Å². The predicted molar refractivity (Wildman–Crippen MR) is 196 cm³/mol. The average Bonchev–Trinajstić information content (AvgIpc) is 3.14. The van der Waals surface area contributed by atoms with Crippen LogP contribution in [0.25, 0.3) is 0 Å². The van der Waals surface area contributed by atoms with Gasteiger partial charge in [0.2, 0.25) is 0 Å². The van der Waals surface area contributed by atoms with E-state index in [2.05, 4.69) is 6.92 Å². The first-order valence-electron chi connectivity index (χ1n) is 17.1. The molecule has 2 saturated heterocycles. The Bertz CT molecular complexity index is 854. The van der Waals surface area contributed by atoms with Crippen LogP contribution < -0.4 is 0 Å². The highest BCUT2D eigenvalue weighted by atomic mass is 16.7. The molecule has 2 heterocycles. The van der Waals surface area contributed by atoms with Crippen molar-refractivity contribution in [3.8, 4) is 0 Å². The number of aliphatic hydroxyl groups excluding tert-OH is 8. The van der Waals surface area contributed by atoms with Gasteiger partial charge in [-0.25, -0.2) is 0 Å². The minimum atomic E-state index is -0.708. The van der Waals surface area contributed by atoms with Crippen molar-refractivity contribution < 1.29 is 70.8 Å². The van der Waals surface area contributed by atoms with E-state index in [1.165, 1.54) is 0 Å². The second-order valence-corrected chi connectivity index (χ2v) is 14.6. The van der Waals surface area contributed by atoms with Gasteiger partial charge in [0.25, 0.3) is 0 Å². The highest BCUT2D eigenvalue weighted by molar-refractivity contribution is 5.92. The Morgan fingerprint density at radius 3 is 1.12 bits per heavy atom. The molecular formula is C37H77O14+. The Kier molecular flexibility index (Phi) is 26.6. The highest BCUT2D eigenvalue weighted by Crippen LogP contribution is 2.47. The molecule has 2 aliphatic carbocycles. The smallest absolute Gasteiger partial charge is 0.396 e. The molecule has 0 atom stereocenters. The molecule has 0 bridgehead atoms. The van der Waals surface area contributed by atoms with E-state index in [1.54, 1.807) is 6.92 Å². The summed E-state index contributed by atoms with van der Waals surface area (Å²) in [4.78, 5) is 20.9. The number of carbonyl (C=O) groups is 2. The number of rotatable bonds is 10. The van der Waals surface area contributed by atoms with E-state index >= 15 is 0 Å². The Morgan fingerprint density at radius 1 is 0.588 bits per heavy atom. The lowest BCUT2D eigenvalue weighted by atomic mass is 9.82. The van der Waals surface area contributed by atoms with Crippen LogP contribution in [-0.4, -0.2) is 143 Å². The molecule has 4 aliphatic rings. The molecule has 0 radical (unpaired) electrons. The lowest BCUT2D eigenvalue weighted by molar-refractivity contribution is -0.369. The molecule has 14 nitrogen and oxygen atoms in total. The zero-order valence-electron chi connectivity index (χ0n) is 30.6. The summed E-state index contributed by atoms with van der Waals surface area (Å²) in [5.41, 5.74) is -1.94. The van der Waals surface area contributed by atoms with E-state index in [0.717, 1.165) is 32.1 Å². The Labute approximate surface area is 309 Å². The fourth-order valence-electron chi connectivity index (χ4n) is 4.88. The van der Waals surface area contributed by atoms with Crippen LogP contribution in [-0.2, 0) is 28.5 Å². The largest absolute Gasteiger partial charge is 1.00 e. The van der Waals surface area contributed by atoms with Crippen LogP contribution in [0.4, 0.5) is 0 Å². The van der Waals surface area contributed by atoms with E-state index in [-0.39, 0.29) is 99.0 Å². The van der Waals surface area contributed by atoms with Gasteiger partial charge in [0, 0.05) is 73.0 Å². The van der Waals surface area contributed by atoms with Crippen molar-refractivity contribution >= 4 is 11.6 Å². The summed E-state index contributed by atoms with van der Waals surface area (Å²) in [6.07, 6.45) is 6.29. The molecule has 8 N–H and O–H groups in total. The van der Waals surface area contributed by atoms with Crippen molar-refractivity contribution in [3.63, 3.8) is 0 Å². The van der Waals surface area contributed by atoms with Crippen LogP contribution >= 0.6 is 0 Å². The maximum Gasteiger partial charge on any atom is 1.00 e. The Morgan fingerprint density at radius 2 is 0.922 bits per heavy atom. The molecular weight excluding hydrogens is 668 g/mol. The van der Waals surface area contributed by atoms with Crippen molar-refractivity contribution in [1.29, 1.82) is 0 Å². The number of hydrogen-bond donors (Lipinski definition) is 8. The standard InChI is InChI=1S/C17H30O6.C6H14O3.C6H8O2.C5H12O3.3CH4/c1-3-15(9-19)12-22-17(23-13-15)6-4-16(5-7-17)20-10-14(2,8-18)11-21-16;1-2-6(3-7,4-8)5-9;7-5-1-2-6(8)4-3-5;1-5(2-6,3-7)4-8;;;/h18-19H,3-13H2,1-2H3;7-9H,2-5H2,1H3;1-4H2;6-8H,2-4H2,1H3;3*1H4/p+1. The van der Waals surface area contributed by atoms with Gasteiger partial charge in [-0.15, -0.1) is 0 Å². The Hall–Kier alpha value is -1.14. The monoisotopic (exact) mass is 746 g/mol. The highest BCUT2D eigenvalue weighted by Gasteiger charge is 2.52. The molecule has 0 aromatic heterocycles. The van der Waals surface area contributed by atoms with Gasteiger partial charge in [-0.05, 0) is 12.8 Å². The SMILES string of the molecule is C.C.C.CC(CO)(CO)CO.CCC(CO)(CO)CO.CCC1(CO)COC2(CCC3(CC2)OCC(C)(CO)CO3)OC1.O=C1CCC(=O)CC1.[H+]. The molecule has 0 aromatic carbocycles. The van der Waals surface area contributed by atoms with Gasteiger partial charge in [-0.2, -0.15) is 0 Å². The zero-order chi connectivity index (χ0) is 36.5. The first-order valence-corrected chi connectivity index (χ1v) is 17.1. The van der Waals surface area contributed by atoms with E-state index in [1.807, 2.05) is 13.8 Å². The van der Waals surface area contributed by atoms with Crippen LogP contribution in [0.15, 0.2) is 0 Å². The lowest BCUT2D eigenvalue weighted by Gasteiger charge is -2.52. The number of ketones is 2. The van der Waals surface area contributed by atoms with Crippen molar-refractivity contribution in [2.45, 2.75) is 126 Å². The number of carbonyl (C=O) groups excluding carboxylic acids is 2. The number of Topliss-reactive ketones (excluding diaryl/α,β-unsaturated/α-hetero) is 2. The van der Waals surface area contributed by atoms with Gasteiger partial charge in [0.1, 0.15) is 11.6 Å². The van der Waals surface area contributed by atoms with E-state index in [0.29, 0.717) is 58.5 Å². The quantitative estimate of drug-likeness (QED) is 0.161. The van der Waals surface area contributed by atoms with Crippen LogP contribution in [0.1, 0.15) is 116 Å². The average molecular weight is 746 g/mol. The van der Waals surface area contributed by atoms with Gasteiger partial charge in [-0.3, -0.25) is 9.59 Å². The van der Waals surface area contributed by atoms with Crippen molar-refractivity contribution in [2.75, 3.05) is 79.3 Å². The summed E-state index contributed by atoms with van der Waals surface area (Å²) >= 11 is 0. The van der Waals surface area contributed by atoms with Crippen LogP contribution in [0, 0.1) is 21.7 Å². The summed E-state index contributed by atoms with van der Waals surface area (Å²) in [6.45, 7) is 8.71. The van der Waals surface area contributed by atoms with Gasteiger partial charge >= 0.3 is 1.43 Å². The molecule has 0 aromatic rings. The first kappa shape index (κ1) is 54.2. The zero-order valence-corrected chi connectivity index (χ0v) is 29.6. The van der Waals surface area contributed by atoms with Crippen LogP contribution in [0.2, 0.25) is 0 Å². The molecule has 308 valence electrons. The molecule has 2 aliphatic heterocycles. The minimum absolute atomic E-state index is 0. The molecule has 0 amide bonds. The molecule has 51 heavy (non-hydrogen) atoms. The van der Waals surface area contributed by atoms with Crippen LogP contribution in [0.3, 0.4) is 0 Å². The number of hydrogen-bond acceptors (Lipinski definition) is 14. The summed E-state index contributed by atoms with van der Waals surface area (Å²) < 4.78 is 24.1. The molecule has 2 spiro atoms. The predicted octanol–water partition coefficient (Wildman–Crippen LogP) is 2.48. The third-order valence-electron chi connectivity index (χ3n) is 10.2. The van der Waals surface area contributed by atoms with Gasteiger partial charge in [0.15, 0.2) is 11.6 Å². The van der Waals surface area contributed by atoms with Crippen molar-refractivity contribution in [3.05, 3.63) is 0 Å². The molecule has 4 rings (SSSR count). The summed E-state index contributed by atoms with van der Waals surface area (Å²) in [5.74, 6) is -0.624. The maximum atomic E-state index is 10.5. The van der Waals surface area contributed by atoms with Gasteiger partial charge in [-0.1, -0.05) is 50.0 Å². The third-order valence-corrected chi connectivity index (χ3v) is 10.2. The fraction of sp³-hybridized carbons (Fsp3) is 0.946. The third kappa shape index (κ3) is 16.4. The Balaban J connectivity index is -0.000000333. The maximum absolute atomic E-state index is 10.5.